The van der Waals surface area contributed by atoms with E-state index in [-0.39, 0.29) is 0 Å². The predicted octanol–water partition coefficient (Wildman–Crippen LogP) is 3.45. The zero-order chi connectivity index (χ0) is 9.80. The summed E-state index contributed by atoms with van der Waals surface area (Å²) < 4.78 is 0. The predicted molar refractivity (Wildman–Crippen MR) is 61.3 cm³/mol. The van der Waals surface area contributed by atoms with Crippen molar-refractivity contribution in [3.8, 4) is 0 Å². The molecule has 0 bridgehead atoms. The van der Waals surface area contributed by atoms with Crippen molar-refractivity contribution in [1.29, 1.82) is 0 Å². The van der Waals surface area contributed by atoms with E-state index >= 15 is 0 Å². The molecule has 1 heterocycles. The van der Waals surface area contributed by atoms with E-state index in [0.717, 1.165) is 12.1 Å². The number of hydrogen-bond acceptors (Lipinski definition) is 1. The normalized spacial score (nSPS) is 15.8. The van der Waals surface area contributed by atoms with E-state index < -0.39 is 0 Å². The summed E-state index contributed by atoms with van der Waals surface area (Å²) in [6.07, 6.45) is 7.10. The van der Waals surface area contributed by atoms with E-state index in [9.17, 15) is 0 Å². The number of benzene rings is 1. The summed E-state index contributed by atoms with van der Waals surface area (Å²) in [5, 5.41) is 0. The summed E-state index contributed by atoms with van der Waals surface area (Å²) >= 11 is 0. The van der Waals surface area contributed by atoms with Crippen molar-refractivity contribution in [3.63, 3.8) is 0 Å². The smallest absolute Gasteiger partial charge is 0.0273 e. The van der Waals surface area contributed by atoms with Crippen LogP contribution in [-0.2, 0) is 0 Å². The molecule has 1 aliphatic heterocycles. The van der Waals surface area contributed by atoms with Gasteiger partial charge >= 0.3 is 0 Å². The Morgan fingerprint density at radius 1 is 1.14 bits per heavy atom. The van der Waals surface area contributed by atoms with Gasteiger partial charge in [0.25, 0.3) is 0 Å². The molecule has 0 amide bonds. The lowest BCUT2D eigenvalue weighted by Gasteiger charge is -2.00. The van der Waals surface area contributed by atoms with Crippen LogP contribution in [0.3, 0.4) is 0 Å². The third-order valence-electron chi connectivity index (χ3n) is 2.27. The number of aliphatic imine (C=N–C) groups is 1. The SMILES string of the molecule is CC1=NC=CC(c2ccccc2)=CC1. The Kier molecular flexibility index (Phi) is 2.59. The molecule has 1 aromatic rings. The molecule has 0 fully saturated rings. The van der Waals surface area contributed by atoms with Gasteiger partial charge in [0.1, 0.15) is 0 Å². The molecule has 0 saturated carbocycles. The Hall–Kier alpha value is -1.63. The molecular weight excluding hydrogens is 170 g/mol. The lowest BCUT2D eigenvalue weighted by atomic mass is 10.0. The molecule has 0 saturated heterocycles. The lowest BCUT2D eigenvalue weighted by molar-refractivity contribution is 1.40. The first-order chi connectivity index (χ1) is 6.86. The minimum Gasteiger partial charge on any atom is -0.266 e. The fraction of sp³-hybridized carbons (Fsp3) is 0.154. The van der Waals surface area contributed by atoms with Gasteiger partial charge in [0.15, 0.2) is 0 Å². The number of hydrogen-bond donors (Lipinski definition) is 0. The zero-order valence-corrected chi connectivity index (χ0v) is 8.27. The largest absolute Gasteiger partial charge is 0.266 e. The second kappa shape index (κ2) is 4.05. The highest BCUT2D eigenvalue weighted by molar-refractivity contribution is 5.88. The second-order valence-corrected chi connectivity index (χ2v) is 3.41. The lowest BCUT2D eigenvalue weighted by Crippen LogP contribution is -1.85. The van der Waals surface area contributed by atoms with Crippen molar-refractivity contribution in [2.45, 2.75) is 13.3 Å². The molecule has 0 aliphatic carbocycles. The highest BCUT2D eigenvalue weighted by Crippen LogP contribution is 2.18. The van der Waals surface area contributed by atoms with E-state index in [1.165, 1.54) is 11.1 Å². The summed E-state index contributed by atoms with van der Waals surface area (Å²) in [7, 11) is 0. The fourth-order valence-corrected chi connectivity index (χ4v) is 1.47. The van der Waals surface area contributed by atoms with Gasteiger partial charge < -0.3 is 0 Å². The van der Waals surface area contributed by atoms with Crippen LogP contribution >= 0.6 is 0 Å². The van der Waals surface area contributed by atoms with E-state index in [0.29, 0.717) is 0 Å². The Balaban J connectivity index is 2.30. The molecule has 1 nitrogen and oxygen atoms in total. The van der Waals surface area contributed by atoms with Gasteiger partial charge in [-0.15, -0.1) is 0 Å². The molecule has 0 atom stereocenters. The van der Waals surface area contributed by atoms with Gasteiger partial charge in [-0.1, -0.05) is 36.4 Å². The van der Waals surface area contributed by atoms with E-state index in [1.54, 1.807) is 0 Å². The molecule has 70 valence electrons. The van der Waals surface area contributed by atoms with Crippen LogP contribution in [0.4, 0.5) is 0 Å². The number of nitrogens with zero attached hydrogens (tertiary/aromatic N) is 1. The molecule has 1 aromatic carbocycles. The van der Waals surface area contributed by atoms with Gasteiger partial charge in [0.05, 0.1) is 0 Å². The maximum absolute atomic E-state index is 4.28. The topological polar surface area (TPSA) is 12.4 Å². The van der Waals surface area contributed by atoms with Gasteiger partial charge in [0.2, 0.25) is 0 Å². The van der Waals surface area contributed by atoms with Crippen LogP contribution in [0.15, 0.2) is 53.7 Å². The van der Waals surface area contributed by atoms with Crippen LogP contribution in [0.2, 0.25) is 0 Å². The highest BCUT2D eigenvalue weighted by atomic mass is 14.7. The minimum absolute atomic E-state index is 0.942. The molecule has 2 rings (SSSR count). The van der Waals surface area contributed by atoms with Gasteiger partial charge in [-0.2, -0.15) is 0 Å². The van der Waals surface area contributed by atoms with Gasteiger partial charge in [-0.3, -0.25) is 4.99 Å². The molecule has 0 aromatic heterocycles. The van der Waals surface area contributed by atoms with E-state index in [4.69, 9.17) is 0 Å². The molecule has 1 aliphatic rings. The van der Waals surface area contributed by atoms with Crippen molar-refractivity contribution >= 4 is 11.3 Å². The summed E-state index contributed by atoms with van der Waals surface area (Å²) in [6.45, 7) is 2.05. The third kappa shape index (κ3) is 1.99. The first-order valence-corrected chi connectivity index (χ1v) is 4.81. The van der Waals surface area contributed by atoms with Crippen LogP contribution in [0.25, 0.3) is 5.57 Å². The summed E-state index contributed by atoms with van der Waals surface area (Å²) in [5.74, 6) is 0. The monoisotopic (exact) mass is 183 g/mol. The van der Waals surface area contributed by atoms with Gasteiger partial charge in [0, 0.05) is 18.3 Å². The van der Waals surface area contributed by atoms with Gasteiger partial charge in [-0.25, -0.2) is 0 Å². The Morgan fingerprint density at radius 3 is 2.71 bits per heavy atom. The molecule has 1 heteroatoms. The first-order valence-electron chi connectivity index (χ1n) is 4.81. The second-order valence-electron chi connectivity index (χ2n) is 3.41. The molecule has 14 heavy (non-hydrogen) atoms. The van der Waals surface area contributed by atoms with Crippen LogP contribution in [-0.4, -0.2) is 5.71 Å². The van der Waals surface area contributed by atoms with Crippen molar-refractivity contribution in [3.05, 3.63) is 54.2 Å². The van der Waals surface area contributed by atoms with Crippen LogP contribution in [0.5, 0.6) is 0 Å². The molecule has 0 unspecified atom stereocenters. The molecular formula is C13H13N. The van der Waals surface area contributed by atoms with E-state index in [2.05, 4.69) is 48.3 Å². The number of rotatable bonds is 1. The maximum atomic E-state index is 4.28. The van der Waals surface area contributed by atoms with E-state index in [1.807, 2.05) is 12.3 Å². The summed E-state index contributed by atoms with van der Waals surface area (Å²) in [4.78, 5) is 4.28. The van der Waals surface area contributed by atoms with Crippen molar-refractivity contribution in [2.24, 2.45) is 4.99 Å². The molecule has 0 radical (unpaired) electrons. The van der Waals surface area contributed by atoms with Gasteiger partial charge in [-0.05, 0) is 24.1 Å². The maximum Gasteiger partial charge on any atom is 0.0273 e. The quantitative estimate of drug-likeness (QED) is 0.632. The Bertz CT molecular complexity index is 397. The van der Waals surface area contributed by atoms with Crippen LogP contribution < -0.4 is 0 Å². The van der Waals surface area contributed by atoms with Crippen LogP contribution in [0.1, 0.15) is 18.9 Å². The zero-order valence-electron chi connectivity index (χ0n) is 8.27. The highest BCUT2D eigenvalue weighted by Gasteiger charge is 1.99. The summed E-state index contributed by atoms with van der Waals surface area (Å²) in [6, 6.07) is 10.4. The number of allylic oxidation sites excluding steroid dienone is 3. The molecule has 0 spiro atoms. The minimum atomic E-state index is 0.942. The van der Waals surface area contributed by atoms with Crippen molar-refractivity contribution in [1.82, 2.24) is 0 Å². The fourth-order valence-electron chi connectivity index (χ4n) is 1.47. The first kappa shape index (κ1) is 8.95. The Morgan fingerprint density at radius 2 is 1.93 bits per heavy atom. The summed E-state index contributed by atoms with van der Waals surface area (Å²) in [5.41, 5.74) is 3.67. The average molecular weight is 183 g/mol. The average Bonchev–Trinajstić information content (AvgIpc) is 2.44. The Labute approximate surface area is 84.5 Å². The third-order valence-corrected chi connectivity index (χ3v) is 2.27. The standard InChI is InChI=1S/C13H13N/c1-11-7-8-13(9-10-14-11)12-5-3-2-4-6-12/h2-6,8-10H,7H2,1H3. The van der Waals surface area contributed by atoms with Crippen molar-refractivity contribution in [2.75, 3.05) is 0 Å². The van der Waals surface area contributed by atoms with Crippen molar-refractivity contribution < 1.29 is 0 Å². The molecule has 0 N–H and O–H groups in total. The van der Waals surface area contributed by atoms with Crippen LogP contribution in [0, 0.1) is 0 Å².